The summed E-state index contributed by atoms with van der Waals surface area (Å²) in [5.74, 6) is 0. The SMILES string of the molecule is C[C@@H]1CN(C(=O)OC(C)(C)C)[C@H](c2ccc(B3OC(C)(C)C(C)(C)O3)cc2)CO1. The molecule has 2 fully saturated rings. The van der Waals surface area contributed by atoms with Crippen molar-refractivity contribution in [1.82, 2.24) is 4.90 Å². The Balaban J connectivity index is 1.78. The minimum Gasteiger partial charge on any atom is -0.444 e. The number of benzene rings is 1. The zero-order chi connectivity index (χ0) is 21.6. The van der Waals surface area contributed by atoms with Crippen molar-refractivity contribution in [3.05, 3.63) is 29.8 Å². The van der Waals surface area contributed by atoms with Crippen LogP contribution in [0.4, 0.5) is 4.79 Å². The van der Waals surface area contributed by atoms with Gasteiger partial charge in [0.05, 0.1) is 36.5 Å². The van der Waals surface area contributed by atoms with Crippen molar-refractivity contribution in [2.75, 3.05) is 13.2 Å². The second-order valence-corrected chi connectivity index (χ2v) is 10.0. The van der Waals surface area contributed by atoms with Crippen LogP contribution in [0.5, 0.6) is 0 Å². The molecule has 0 aliphatic carbocycles. The van der Waals surface area contributed by atoms with Gasteiger partial charge in [-0.25, -0.2) is 4.79 Å². The summed E-state index contributed by atoms with van der Waals surface area (Å²) in [6, 6.07) is 7.85. The van der Waals surface area contributed by atoms with Crippen LogP contribution in [0.1, 0.15) is 67.0 Å². The number of carbonyl (C=O) groups excluding carboxylic acids is 1. The molecule has 2 atom stereocenters. The van der Waals surface area contributed by atoms with Gasteiger partial charge in [-0.15, -0.1) is 0 Å². The van der Waals surface area contributed by atoms with E-state index in [1.807, 2.05) is 79.7 Å². The molecule has 1 amide bonds. The number of amides is 1. The van der Waals surface area contributed by atoms with Crippen molar-refractivity contribution >= 4 is 18.7 Å². The van der Waals surface area contributed by atoms with Crippen LogP contribution < -0.4 is 5.46 Å². The van der Waals surface area contributed by atoms with E-state index in [0.717, 1.165) is 11.0 Å². The second-order valence-electron chi connectivity index (χ2n) is 10.0. The van der Waals surface area contributed by atoms with Crippen molar-refractivity contribution in [3.8, 4) is 0 Å². The van der Waals surface area contributed by atoms with Gasteiger partial charge in [-0.1, -0.05) is 24.3 Å². The fourth-order valence-electron chi connectivity index (χ4n) is 3.46. The lowest BCUT2D eigenvalue weighted by Crippen LogP contribution is -2.48. The average molecular weight is 403 g/mol. The van der Waals surface area contributed by atoms with Crippen LogP contribution in [0.3, 0.4) is 0 Å². The molecule has 0 spiro atoms. The van der Waals surface area contributed by atoms with Gasteiger partial charge in [-0.2, -0.15) is 0 Å². The maximum atomic E-state index is 12.8. The molecule has 0 bridgehead atoms. The van der Waals surface area contributed by atoms with Gasteiger partial charge in [0.2, 0.25) is 0 Å². The van der Waals surface area contributed by atoms with Gasteiger partial charge in [0.25, 0.3) is 0 Å². The summed E-state index contributed by atoms with van der Waals surface area (Å²) in [4.78, 5) is 14.5. The third-order valence-electron chi connectivity index (χ3n) is 5.84. The number of rotatable bonds is 2. The lowest BCUT2D eigenvalue weighted by Gasteiger charge is -2.39. The van der Waals surface area contributed by atoms with Gasteiger partial charge in [-0.3, -0.25) is 4.90 Å². The van der Waals surface area contributed by atoms with Crippen molar-refractivity contribution in [3.63, 3.8) is 0 Å². The molecule has 3 rings (SSSR count). The zero-order valence-corrected chi connectivity index (χ0v) is 18.9. The fourth-order valence-corrected chi connectivity index (χ4v) is 3.46. The predicted octanol–water partition coefficient (Wildman–Crippen LogP) is 3.68. The van der Waals surface area contributed by atoms with Crippen molar-refractivity contribution in [2.24, 2.45) is 0 Å². The number of ether oxygens (including phenoxy) is 2. The molecule has 0 radical (unpaired) electrons. The molecule has 0 unspecified atom stereocenters. The van der Waals surface area contributed by atoms with E-state index < -0.39 is 12.7 Å². The van der Waals surface area contributed by atoms with E-state index >= 15 is 0 Å². The Labute approximate surface area is 175 Å². The Morgan fingerprint density at radius 3 is 2.17 bits per heavy atom. The Bertz CT molecular complexity index is 725. The first-order chi connectivity index (χ1) is 13.3. The number of carbonyl (C=O) groups is 1. The van der Waals surface area contributed by atoms with Gasteiger partial charge < -0.3 is 18.8 Å². The van der Waals surface area contributed by atoms with E-state index in [9.17, 15) is 4.79 Å². The standard InChI is InChI=1S/C22H34BNO5/c1-15-13-24(19(25)27-20(2,3)4)18(14-26-15)16-9-11-17(12-10-16)23-28-21(5,6)22(7,8)29-23/h9-12,15,18H,13-14H2,1-8H3/t15-,18+/m1/s1. The predicted molar refractivity (Wildman–Crippen MR) is 113 cm³/mol. The van der Waals surface area contributed by atoms with Gasteiger partial charge >= 0.3 is 13.2 Å². The van der Waals surface area contributed by atoms with Gasteiger partial charge in [0.1, 0.15) is 5.60 Å². The van der Waals surface area contributed by atoms with Crippen LogP contribution in [0.15, 0.2) is 24.3 Å². The third kappa shape index (κ3) is 4.78. The van der Waals surface area contributed by atoms with Crippen molar-refractivity contribution in [2.45, 2.75) is 84.3 Å². The lowest BCUT2D eigenvalue weighted by atomic mass is 9.78. The molecule has 160 valence electrons. The second kappa shape index (κ2) is 7.60. The van der Waals surface area contributed by atoms with E-state index in [2.05, 4.69) is 0 Å². The highest BCUT2D eigenvalue weighted by atomic mass is 16.7. The molecule has 6 nitrogen and oxygen atoms in total. The summed E-state index contributed by atoms with van der Waals surface area (Å²) >= 11 is 0. The molecule has 1 aromatic carbocycles. The van der Waals surface area contributed by atoms with Crippen LogP contribution in [-0.4, -0.2) is 54.2 Å². The van der Waals surface area contributed by atoms with Crippen molar-refractivity contribution in [1.29, 1.82) is 0 Å². The molecular formula is C22H34BNO5. The summed E-state index contributed by atoms with van der Waals surface area (Å²) in [5, 5.41) is 0. The van der Waals surface area contributed by atoms with E-state index in [1.54, 1.807) is 4.90 Å². The molecule has 1 aromatic rings. The normalized spacial score (nSPS) is 26.5. The topological polar surface area (TPSA) is 57.2 Å². The maximum Gasteiger partial charge on any atom is 0.494 e. The quantitative estimate of drug-likeness (QED) is 0.706. The molecule has 2 aliphatic heterocycles. The number of hydrogen-bond acceptors (Lipinski definition) is 5. The highest BCUT2D eigenvalue weighted by Crippen LogP contribution is 2.36. The summed E-state index contributed by atoms with van der Waals surface area (Å²) in [6.45, 7) is 16.7. The number of morpholine rings is 1. The summed E-state index contributed by atoms with van der Waals surface area (Å²) in [7, 11) is -0.404. The summed E-state index contributed by atoms with van der Waals surface area (Å²) in [6.07, 6.45) is -0.338. The maximum absolute atomic E-state index is 12.8. The Kier molecular flexibility index (Phi) is 5.80. The number of nitrogens with zero attached hydrogens (tertiary/aromatic N) is 1. The largest absolute Gasteiger partial charge is 0.494 e. The minimum atomic E-state index is -0.538. The van der Waals surface area contributed by atoms with E-state index in [-0.39, 0.29) is 29.4 Å². The van der Waals surface area contributed by atoms with Crippen LogP contribution in [0.2, 0.25) is 0 Å². The first-order valence-corrected chi connectivity index (χ1v) is 10.4. The van der Waals surface area contributed by atoms with Gasteiger partial charge in [0, 0.05) is 0 Å². The first kappa shape index (κ1) is 22.1. The minimum absolute atomic E-state index is 0.0252. The molecule has 29 heavy (non-hydrogen) atoms. The Morgan fingerprint density at radius 1 is 1.10 bits per heavy atom. The highest BCUT2D eigenvalue weighted by molar-refractivity contribution is 6.62. The Morgan fingerprint density at radius 2 is 1.66 bits per heavy atom. The monoisotopic (exact) mass is 403 g/mol. The van der Waals surface area contributed by atoms with E-state index in [4.69, 9.17) is 18.8 Å². The number of hydrogen-bond donors (Lipinski definition) is 0. The summed E-state index contributed by atoms with van der Waals surface area (Å²) < 4.78 is 23.7. The van der Waals surface area contributed by atoms with Crippen LogP contribution in [0.25, 0.3) is 0 Å². The molecule has 2 aliphatic rings. The molecule has 0 aromatic heterocycles. The molecule has 0 N–H and O–H groups in total. The zero-order valence-electron chi connectivity index (χ0n) is 18.9. The van der Waals surface area contributed by atoms with Crippen LogP contribution in [0, 0.1) is 0 Å². The van der Waals surface area contributed by atoms with Gasteiger partial charge in [0.15, 0.2) is 0 Å². The molecular weight excluding hydrogens is 369 g/mol. The summed E-state index contributed by atoms with van der Waals surface area (Å²) in [5.41, 5.74) is 0.669. The Hall–Kier alpha value is -1.57. The molecule has 2 heterocycles. The fraction of sp³-hybridized carbons (Fsp3) is 0.682. The molecule has 0 saturated carbocycles. The average Bonchev–Trinajstić information content (AvgIpc) is 2.81. The van der Waals surface area contributed by atoms with Crippen LogP contribution >= 0.6 is 0 Å². The van der Waals surface area contributed by atoms with E-state index in [1.165, 1.54) is 0 Å². The van der Waals surface area contributed by atoms with Gasteiger partial charge in [-0.05, 0) is 66.4 Å². The molecule has 7 heteroatoms. The third-order valence-corrected chi connectivity index (χ3v) is 5.84. The van der Waals surface area contributed by atoms with Crippen molar-refractivity contribution < 1.29 is 23.6 Å². The van der Waals surface area contributed by atoms with E-state index in [0.29, 0.717) is 13.2 Å². The lowest BCUT2D eigenvalue weighted by molar-refractivity contribution is -0.0644. The van der Waals surface area contributed by atoms with Crippen LogP contribution in [-0.2, 0) is 18.8 Å². The first-order valence-electron chi connectivity index (χ1n) is 10.4. The molecule has 2 saturated heterocycles. The smallest absolute Gasteiger partial charge is 0.444 e. The highest BCUT2D eigenvalue weighted by Gasteiger charge is 2.51.